The molecule has 2 aromatic rings. The van der Waals surface area contributed by atoms with Gasteiger partial charge in [-0.3, -0.25) is 4.79 Å². The van der Waals surface area contributed by atoms with Gasteiger partial charge >= 0.3 is 0 Å². The molecule has 2 aromatic carbocycles. The fourth-order valence-corrected chi connectivity index (χ4v) is 5.94. The molecule has 188 valence electrons. The Bertz CT molecular complexity index is 1200. The molecule has 1 fully saturated rings. The van der Waals surface area contributed by atoms with Gasteiger partial charge in [-0.05, 0) is 97.4 Å². The standard InChI is InChI=1S/C32H38N2O2/c1-4-23-14-17-27(18-29(23)30-21(2)8-11-28(20-36-3)31(30)34)32(35)26-7-5-6-24(15-16-26)25-12-9-22(19-33)10-13-25/h9-14,17-18,24,26,31H,4-8,15-16,20,34H2,1-3H3. The summed E-state index contributed by atoms with van der Waals surface area (Å²) in [6.45, 7) is 4.84. The first-order valence-electron chi connectivity index (χ1n) is 13.3. The molecule has 0 saturated heterocycles. The molecule has 36 heavy (non-hydrogen) atoms. The van der Waals surface area contributed by atoms with Gasteiger partial charge in [-0.1, -0.05) is 49.3 Å². The number of carbonyl (C=O) groups excluding carboxylic acids is 1. The number of carbonyl (C=O) groups is 1. The van der Waals surface area contributed by atoms with Crippen molar-refractivity contribution in [3.63, 3.8) is 0 Å². The van der Waals surface area contributed by atoms with Crippen LogP contribution in [-0.2, 0) is 11.2 Å². The number of rotatable bonds is 7. The maximum Gasteiger partial charge on any atom is 0.165 e. The molecule has 0 radical (unpaired) electrons. The monoisotopic (exact) mass is 482 g/mol. The van der Waals surface area contributed by atoms with Crippen LogP contribution in [0.4, 0.5) is 0 Å². The predicted octanol–water partition coefficient (Wildman–Crippen LogP) is 6.74. The highest BCUT2D eigenvalue weighted by Crippen LogP contribution is 2.37. The molecule has 0 amide bonds. The Balaban J connectivity index is 1.55. The Kier molecular flexibility index (Phi) is 8.56. The highest BCUT2D eigenvalue weighted by molar-refractivity contribution is 5.99. The van der Waals surface area contributed by atoms with Gasteiger partial charge in [0.15, 0.2) is 5.78 Å². The third-order valence-corrected chi connectivity index (χ3v) is 8.07. The van der Waals surface area contributed by atoms with E-state index in [1.54, 1.807) is 7.11 Å². The zero-order valence-corrected chi connectivity index (χ0v) is 21.8. The molecule has 4 heteroatoms. The minimum absolute atomic E-state index is 0.0489. The van der Waals surface area contributed by atoms with Gasteiger partial charge in [-0.15, -0.1) is 0 Å². The Labute approximate surface area is 215 Å². The Morgan fingerprint density at radius 3 is 2.58 bits per heavy atom. The van der Waals surface area contributed by atoms with Crippen LogP contribution in [0.5, 0.6) is 0 Å². The molecule has 4 rings (SSSR count). The van der Waals surface area contributed by atoms with Crippen LogP contribution in [-0.4, -0.2) is 25.5 Å². The third kappa shape index (κ3) is 5.53. The van der Waals surface area contributed by atoms with E-state index >= 15 is 0 Å². The third-order valence-electron chi connectivity index (χ3n) is 8.07. The molecular weight excluding hydrogens is 444 g/mol. The fraction of sp³-hybridized carbons (Fsp3) is 0.438. The van der Waals surface area contributed by atoms with E-state index in [-0.39, 0.29) is 17.7 Å². The van der Waals surface area contributed by atoms with Gasteiger partial charge < -0.3 is 10.5 Å². The number of methoxy groups -OCH3 is 1. The molecule has 3 atom stereocenters. The van der Waals surface area contributed by atoms with Gasteiger partial charge in [-0.2, -0.15) is 5.26 Å². The van der Waals surface area contributed by atoms with E-state index in [1.807, 2.05) is 18.2 Å². The van der Waals surface area contributed by atoms with E-state index in [1.165, 1.54) is 16.7 Å². The molecule has 1 saturated carbocycles. The van der Waals surface area contributed by atoms with Crippen LogP contribution in [0, 0.1) is 17.2 Å². The fourth-order valence-electron chi connectivity index (χ4n) is 5.94. The van der Waals surface area contributed by atoms with Crippen molar-refractivity contribution in [1.82, 2.24) is 0 Å². The van der Waals surface area contributed by atoms with Gasteiger partial charge in [-0.25, -0.2) is 0 Å². The molecule has 0 aromatic heterocycles. The highest BCUT2D eigenvalue weighted by atomic mass is 16.5. The van der Waals surface area contributed by atoms with E-state index in [0.29, 0.717) is 18.1 Å². The van der Waals surface area contributed by atoms with Crippen molar-refractivity contribution in [3.8, 4) is 6.07 Å². The smallest absolute Gasteiger partial charge is 0.165 e. The highest BCUT2D eigenvalue weighted by Gasteiger charge is 2.28. The second-order valence-electron chi connectivity index (χ2n) is 10.3. The maximum absolute atomic E-state index is 13.7. The number of nitriles is 1. The van der Waals surface area contributed by atoms with E-state index in [0.717, 1.165) is 67.2 Å². The predicted molar refractivity (Wildman–Crippen MR) is 146 cm³/mol. The van der Waals surface area contributed by atoms with Crippen LogP contribution < -0.4 is 5.73 Å². The van der Waals surface area contributed by atoms with E-state index in [2.05, 4.69) is 50.3 Å². The summed E-state index contributed by atoms with van der Waals surface area (Å²) >= 11 is 0. The number of nitrogens with two attached hydrogens (primary N) is 1. The number of hydrogen-bond acceptors (Lipinski definition) is 4. The van der Waals surface area contributed by atoms with Crippen LogP contribution in [0.25, 0.3) is 5.57 Å². The molecule has 4 nitrogen and oxygen atoms in total. The van der Waals surface area contributed by atoms with E-state index < -0.39 is 0 Å². The molecule has 3 unspecified atom stereocenters. The number of ether oxygens (including phenoxy) is 1. The lowest BCUT2D eigenvalue weighted by Crippen LogP contribution is -2.30. The van der Waals surface area contributed by atoms with Crippen LogP contribution >= 0.6 is 0 Å². The molecule has 2 aliphatic carbocycles. The van der Waals surface area contributed by atoms with Gasteiger partial charge in [0.05, 0.1) is 24.3 Å². The second-order valence-corrected chi connectivity index (χ2v) is 10.3. The lowest BCUT2D eigenvalue weighted by molar-refractivity contribution is 0.0907. The number of ketones is 1. The summed E-state index contributed by atoms with van der Waals surface area (Å²) in [6.07, 6.45) is 8.90. The largest absolute Gasteiger partial charge is 0.380 e. The van der Waals surface area contributed by atoms with Crippen LogP contribution in [0.15, 0.2) is 59.7 Å². The van der Waals surface area contributed by atoms with Crippen molar-refractivity contribution in [1.29, 1.82) is 5.26 Å². The molecular formula is C32H38N2O2. The van der Waals surface area contributed by atoms with Gasteiger partial charge in [0.25, 0.3) is 0 Å². The maximum atomic E-state index is 13.7. The summed E-state index contributed by atoms with van der Waals surface area (Å²) < 4.78 is 5.39. The molecule has 0 heterocycles. The first-order valence-corrected chi connectivity index (χ1v) is 13.3. The number of allylic oxidation sites excluding steroid dienone is 2. The summed E-state index contributed by atoms with van der Waals surface area (Å²) in [5, 5.41) is 9.08. The average Bonchev–Trinajstić information content (AvgIpc) is 3.16. The Morgan fingerprint density at radius 1 is 1.11 bits per heavy atom. The van der Waals surface area contributed by atoms with Crippen molar-refractivity contribution in [2.75, 3.05) is 13.7 Å². The Hall–Kier alpha value is -3.00. The Morgan fingerprint density at radius 2 is 1.89 bits per heavy atom. The van der Waals surface area contributed by atoms with E-state index in [9.17, 15) is 4.79 Å². The number of nitrogens with zero attached hydrogens (tertiary/aromatic N) is 1. The summed E-state index contributed by atoms with van der Waals surface area (Å²) in [7, 11) is 1.70. The number of Topliss-reactive ketones (excluding diaryl/α,β-unsaturated/α-hetero) is 1. The lowest BCUT2D eigenvalue weighted by atomic mass is 9.80. The summed E-state index contributed by atoms with van der Waals surface area (Å²) in [5.41, 5.74) is 15.4. The molecule has 2 N–H and O–H groups in total. The van der Waals surface area contributed by atoms with Crippen LogP contribution in [0.1, 0.15) is 90.9 Å². The summed E-state index contributed by atoms with van der Waals surface area (Å²) in [6, 6.07) is 16.2. The first-order chi connectivity index (χ1) is 17.5. The van der Waals surface area contributed by atoms with Crippen molar-refractivity contribution in [3.05, 3.63) is 87.5 Å². The zero-order valence-electron chi connectivity index (χ0n) is 21.8. The van der Waals surface area contributed by atoms with Gasteiger partial charge in [0, 0.05) is 18.6 Å². The average molecular weight is 483 g/mol. The van der Waals surface area contributed by atoms with Gasteiger partial charge in [0.2, 0.25) is 0 Å². The van der Waals surface area contributed by atoms with Crippen molar-refractivity contribution < 1.29 is 9.53 Å². The summed E-state index contributed by atoms with van der Waals surface area (Å²) in [5.74, 6) is 0.759. The van der Waals surface area contributed by atoms with E-state index in [4.69, 9.17) is 15.7 Å². The topological polar surface area (TPSA) is 76.1 Å². The molecule has 0 spiro atoms. The minimum atomic E-state index is -0.208. The first kappa shape index (κ1) is 26.1. The molecule has 0 aliphatic heterocycles. The second kappa shape index (κ2) is 11.8. The number of hydrogen-bond donors (Lipinski definition) is 1. The zero-order chi connectivity index (χ0) is 25.7. The van der Waals surface area contributed by atoms with Crippen molar-refractivity contribution in [2.24, 2.45) is 11.7 Å². The number of benzene rings is 2. The van der Waals surface area contributed by atoms with Gasteiger partial charge in [0.1, 0.15) is 0 Å². The van der Waals surface area contributed by atoms with Crippen molar-refractivity contribution >= 4 is 11.4 Å². The lowest BCUT2D eigenvalue weighted by Gasteiger charge is -2.28. The molecule has 2 aliphatic rings. The van der Waals surface area contributed by atoms with Crippen LogP contribution in [0.3, 0.4) is 0 Å². The SMILES string of the molecule is CCc1ccc(C(=O)C2CCCC(c3ccc(C#N)cc3)CC2)cc1C1=C(C)CC=C(COC)C1N. The van der Waals surface area contributed by atoms with Crippen molar-refractivity contribution in [2.45, 2.75) is 70.8 Å². The minimum Gasteiger partial charge on any atom is -0.380 e. The number of aryl methyl sites for hydroxylation is 1. The molecule has 0 bridgehead atoms. The quantitative estimate of drug-likeness (QED) is 0.269. The normalized spacial score (nSPS) is 22.5. The summed E-state index contributed by atoms with van der Waals surface area (Å²) in [4.78, 5) is 13.7. The van der Waals surface area contributed by atoms with Crippen LogP contribution in [0.2, 0.25) is 0 Å².